The lowest BCUT2D eigenvalue weighted by Gasteiger charge is -2.23. The molecule has 2 aromatic rings. The van der Waals surface area contributed by atoms with Crippen LogP contribution in [0.5, 0.6) is 5.75 Å². The number of ether oxygens (including phenoxy) is 1. The van der Waals surface area contributed by atoms with Gasteiger partial charge in [-0.3, -0.25) is 0 Å². The summed E-state index contributed by atoms with van der Waals surface area (Å²) in [6.45, 7) is 9.22. The molecule has 112 valence electrons. The summed E-state index contributed by atoms with van der Waals surface area (Å²) in [4.78, 5) is 0. The lowest BCUT2D eigenvalue weighted by molar-refractivity contribution is 0.339. The first-order valence-electron chi connectivity index (χ1n) is 7.54. The van der Waals surface area contributed by atoms with E-state index >= 15 is 0 Å². The molecule has 2 rings (SSSR count). The number of hydrogen-bond acceptors (Lipinski definition) is 2. The Labute approximate surface area is 128 Å². The second kappa shape index (κ2) is 6.77. The molecule has 0 aliphatic rings. The molecule has 0 spiro atoms. The minimum absolute atomic E-state index is 0.186. The number of hydrogen-bond donors (Lipinski definition) is 1. The summed E-state index contributed by atoms with van der Waals surface area (Å²) < 4.78 is 5.63. The van der Waals surface area contributed by atoms with E-state index in [9.17, 15) is 0 Å². The third-order valence-electron chi connectivity index (χ3n) is 3.82. The SMILES string of the molecule is CCOc1cccc(C(NC)c2c(C)cc(C)cc2C)c1. The van der Waals surface area contributed by atoms with Gasteiger partial charge in [0.1, 0.15) is 5.75 Å². The van der Waals surface area contributed by atoms with Gasteiger partial charge >= 0.3 is 0 Å². The van der Waals surface area contributed by atoms with Crippen molar-refractivity contribution in [1.82, 2.24) is 5.32 Å². The molecule has 0 aliphatic carbocycles. The summed E-state index contributed by atoms with van der Waals surface area (Å²) in [7, 11) is 2.01. The maximum Gasteiger partial charge on any atom is 0.119 e. The molecule has 0 radical (unpaired) electrons. The Balaban J connectivity index is 2.47. The summed E-state index contributed by atoms with van der Waals surface area (Å²) in [5.41, 5.74) is 6.56. The van der Waals surface area contributed by atoms with Crippen LogP contribution in [-0.2, 0) is 0 Å². The van der Waals surface area contributed by atoms with E-state index in [0.717, 1.165) is 5.75 Å². The molecule has 0 aromatic heterocycles. The Bertz CT molecular complexity index is 596. The number of aryl methyl sites for hydroxylation is 3. The van der Waals surface area contributed by atoms with Crippen LogP contribution in [0.2, 0.25) is 0 Å². The average molecular weight is 283 g/mol. The van der Waals surface area contributed by atoms with Gasteiger partial charge in [0.2, 0.25) is 0 Å². The highest BCUT2D eigenvalue weighted by Crippen LogP contribution is 2.30. The quantitative estimate of drug-likeness (QED) is 0.882. The van der Waals surface area contributed by atoms with E-state index in [-0.39, 0.29) is 6.04 Å². The van der Waals surface area contributed by atoms with Gasteiger partial charge in [0.25, 0.3) is 0 Å². The maximum atomic E-state index is 5.63. The Morgan fingerprint density at radius 3 is 2.29 bits per heavy atom. The van der Waals surface area contributed by atoms with Crippen molar-refractivity contribution in [1.29, 1.82) is 0 Å². The second-order valence-corrected chi connectivity index (χ2v) is 5.54. The summed E-state index contributed by atoms with van der Waals surface area (Å²) in [5.74, 6) is 0.928. The van der Waals surface area contributed by atoms with Crippen LogP contribution in [0.3, 0.4) is 0 Å². The van der Waals surface area contributed by atoms with Gasteiger partial charge in [-0.1, -0.05) is 29.8 Å². The number of rotatable bonds is 5. The van der Waals surface area contributed by atoms with Gasteiger partial charge in [0.05, 0.1) is 12.6 Å². The van der Waals surface area contributed by atoms with Gasteiger partial charge in [-0.2, -0.15) is 0 Å². The van der Waals surface area contributed by atoms with E-state index < -0.39 is 0 Å². The Morgan fingerprint density at radius 1 is 1.05 bits per heavy atom. The highest BCUT2D eigenvalue weighted by molar-refractivity contribution is 5.45. The third kappa shape index (κ3) is 3.45. The minimum atomic E-state index is 0.186. The van der Waals surface area contributed by atoms with E-state index in [4.69, 9.17) is 4.74 Å². The summed E-state index contributed by atoms with van der Waals surface area (Å²) in [5, 5.41) is 3.45. The maximum absolute atomic E-state index is 5.63. The largest absolute Gasteiger partial charge is 0.494 e. The zero-order chi connectivity index (χ0) is 15.4. The molecule has 0 heterocycles. The molecule has 1 atom stereocenters. The molecule has 0 saturated carbocycles. The van der Waals surface area contributed by atoms with Crippen molar-refractivity contribution in [3.63, 3.8) is 0 Å². The van der Waals surface area contributed by atoms with Crippen LogP contribution in [0.25, 0.3) is 0 Å². The number of benzene rings is 2. The van der Waals surface area contributed by atoms with Crippen molar-refractivity contribution in [2.45, 2.75) is 33.7 Å². The van der Waals surface area contributed by atoms with Gasteiger partial charge in [0, 0.05) is 0 Å². The molecule has 21 heavy (non-hydrogen) atoms. The second-order valence-electron chi connectivity index (χ2n) is 5.54. The van der Waals surface area contributed by atoms with Crippen molar-refractivity contribution in [2.75, 3.05) is 13.7 Å². The Hall–Kier alpha value is -1.80. The van der Waals surface area contributed by atoms with Gasteiger partial charge in [-0.25, -0.2) is 0 Å². The zero-order valence-electron chi connectivity index (χ0n) is 13.7. The van der Waals surface area contributed by atoms with Crippen LogP contribution >= 0.6 is 0 Å². The van der Waals surface area contributed by atoms with E-state index in [0.29, 0.717) is 6.61 Å². The average Bonchev–Trinajstić information content (AvgIpc) is 2.43. The fourth-order valence-corrected chi connectivity index (χ4v) is 3.07. The van der Waals surface area contributed by atoms with Crippen molar-refractivity contribution in [3.8, 4) is 5.75 Å². The smallest absolute Gasteiger partial charge is 0.119 e. The fourth-order valence-electron chi connectivity index (χ4n) is 3.07. The predicted molar refractivity (Wildman–Crippen MR) is 89.2 cm³/mol. The molecule has 0 saturated heterocycles. The van der Waals surface area contributed by atoms with Crippen LogP contribution in [0, 0.1) is 20.8 Å². The lowest BCUT2D eigenvalue weighted by atomic mass is 9.90. The van der Waals surface area contributed by atoms with Gasteiger partial charge in [0.15, 0.2) is 0 Å². The summed E-state index contributed by atoms with van der Waals surface area (Å²) in [6.07, 6.45) is 0. The van der Waals surface area contributed by atoms with Crippen LogP contribution in [-0.4, -0.2) is 13.7 Å². The molecule has 0 aliphatic heterocycles. The Morgan fingerprint density at radius 2 is 1.71 bits per heavy atom. The molecule has 0 fully saturated rings. The van der Waals surface area contributed by atoms with Crippen LogP contribution in [0.15, 0.2) is 36.4 Å². The standard InChI is InChI=1S/C19H25NO/c1-6-21-17-9-7-8-16(12-17)19(20-5)18-14(3)10-13(2)11-15(18)4/h7-12,19-20H,6H2,1-5H3. The van der Waals surface area contributed by atoms with E-state index in [1.165, 1.54) is 27.8 Å². The molecule has 1 N–H and O–H groups in total. The van der Waals surface area contributed by atoms with Gasteiger partial charge in [-0.15, -0.1) is 0 Å². The van der Waals surface area contributed by atoms with Gasteiger partial charge < -0.3 is 10.1 Å². The fraction of sp³-hybridized carbons (Fsp3) is 0.368. The lowest BCUT2D eigenvalue weighted by Crippen LogP contribution is -2.20. The van der Waals surface area contributed by atoms with E-state index in [1.807, 2.05) is 20.0 Å². The molecule has 2 aromatic carbocycles. The predicted octanol–water partition coefficient (Wildman–Crippen LogP) is 4.32. The molecular weight excluding hydrogens is 258 g/mol. The van der Waals surface area contributed by atoms with Gasteiger partial charge in [-0.05, 0) is 69.1 Å². The molecular formula is C19H25NO. The third-order valence-corrected chi connectivity index (χ3v) is 3.82. The highest BCUT2D eigenvalue weighted by atomic mass is 16.5. The minimum Gasteiger partial charge on any atom is -0.494 e. The van der Waals surface area contributed by atoms with Crippen molar-refractivity contribution < 1.29 is 4.74 Å². The first-order valence-corrected chi connectivity index (χ1v) is 7.54. The molecule has 2 nitrogen and oxygen atoms in total. The molecule has 2 heteroatoms. The monoisotopic (exact) mass is 283 g/mol. The number of nitrogens with one attached hydrogen (secondary N) is 1. The zero-order valence-corrected chi connectivity index (χ0v) is 13.7. The summed E-state index contributed by atoms with van der Waals surface area (Å²) >= 11 is 0. The molecule has 0 amide bonds. The first kappa shape index (κ1) is 15.6. The normalized spacial score (nSPS) is 12.2. The van der Waals surface area contributed by atoms with E-state index in [2.05, 4.69) is 56.4 Å². The highest BCUT2D eigenvalue weighted by Gasteiger charge is 2.17. The van der Waals surface area contributed by atoms with Crippen LogP contribution in [0.1, 0.15) is 40.8 Å². The topological polar surface area (TPSA) is 21.3 Å². The molecule has 1 unspecified atom stereocenters. The van der Waals surface area contributed by atoms with Crippen molar-refractivity contribution >= 4 is 0 Å². The summed E-state index contributed by atoms with van der Waals surface area (Å²) in [6, 6.07) is 13.0. The van der Waals surface area contributed by atoms with Crippen LogP contribution < -0.4 is 10.1 Å². The van der Waals surface area contributed by atoms with Crippen LogP contribution in [0.4, 0.5) is 0 Å². The molecule has 0 bridgehead atoms. The Kier molecular flexibility index (Phi) is 5.03. The van der Waals surface area contributed by atoms with Crippen molar-refractivity contribution in [3.05, 3.63) is 64.2 Å². The van der Waals surface area contributed by atoms with Crippen molar-refractivity contribution in [2.24, 2.45) is 0 Å². The first-order chi connectivity index (χ1) is 10.1. The van der Waals surface area contributed by atoms with E-state index in [1.54, 1.807) is 0 Å².